The van der Waals surface area contributed by atoms with Gasteiger partial charge in [0, 0.05) is 148 Å². The van der Waals surface area contributed by atoms with E-state index in [1.807, 2.05) is 165 Å². The highest BCUT2D eigenvalue weighted by Crippen LogP contribution is 2.44. The molecule has 0 saturated carbocycles. The second-order valence-electron chi connectivity index (χ2n) is 31.8. The van der Waals surface area contributed by atoms with Crippen LogP contribution in [0.4, 0.5) is 0 Å². The molecule has 0 saturated heterocycles. The monoisotopic (exact) mass is 1600 g/mol. The highest BCUT2D eigenvalue weighted by molar-refractivity contribution is 6.32. The molecule has 0 N–H and O–H groups in total. The average molecular weight is 1610 g/mol. The number of benzene rings is 16. The van der Waals surface area contributed by atoms with Crippen LogP contribution in [0.25, 0.3) is 253 Å². The Morgan fingerprint density at radius 3 is 1.07 bits per heavy atom. The zero-order valence-corrected chi connectivity index (χ0v) is 67.6. The van der Waals surface area contributed by atoms with Crippen LogP contribution >= 0.6 is 0 Å². The Morgan fingerprint density at radius 1 is 0.143 bits per heavy atom. The van der Waals surface area contributed by atoms with E-state index < -0.39 is 0 Å². The van der Waals surface area contributed by atoms with E-state index in [0.29, 0.717) is 23.2 Å². The van der Waals surface area contributed by atoms with Crippen molar-refractivity contribution in [3.63, 3.8) is 0 Å². The molecule has 0 unspecified atom stereocenters. The Balaban J connectivity index is 0.000000106. The minimum absolute atomic E-state index is 0.544. The number of fused-ring (bicyclic) bond motifs is 28. The van der Waals surface area contributed by atoms with Gasteiger partial charge in [-0.15, -0.1) is 0 Å². The molecule has 0 amide bonds. The lowest BCUT2D eigenvalue weighted by atomic mass is 9.93. The van der Waals surface area contributed by atoms with E-state index in [1.54, 1.807) is 6.20 Å². The largest absolute Gasteiger partial charge is 0.265 e. The van der Waals surface area contributed by atoms with E-state index in [1.165, 1.54) is 64.6 Å². The maximum absolute atomic E-state index is 5.35. The molecule has 10 aromatic heterocycles. The van der Waals surface area contributed by atoms with Crippen molar-refractivity contribution in [3.8, 4) is 90.2 Å². The Bertz CT molecular complexity index is 8440. The third kappa shape index (κ3) is 12.8. The van der Waals surface area contributed by atoms with Gasteiger partial charge in [-0.25, -0.2) is 29.9 Å². The summed E-state index contributed by atoms with van der Waals surface area (Å²) in [5.74, 6) is 1.78. The quantitative estimate of drug-likeness (QED) is 0.133. The van der Waals surface area contributed by atoms with Crippen LogP contribution < -0.4 is 0 Å². The summed E-state index contributed by atoms with van der Waals surface area (Å²) in [7, 11) is 0. The number of rotatable bonds is 8. The predicted octanol–water partition coefficient (Wildman–Crippen LogP) is 28.4. The standard InChI is InChI=1S/C40H24N4.C39H23N5.C35H21N3/c1-2-27-3-6-34-32-9-11-37-35(33(32)8-10-36(34)39(27)43-17-1)7-4-28-5-12-38(44-40(28)37)31-23-29(25-13-18-41-19-14-25)22-30(24-31)26-15-20-42-21-16-26;1-3-8-26(9-4-1)37-42-38(27-10-5-2-6-11-27)44-39(43-37)34-22-15-25-14-17-31-29-18-20-32-30(16-13-24-12-7-23-40-35(24)32)28(29)19-21-33(31)36(25)41-34;1-2-10-26-22(6-1)12-13-28-27(26)14-15-31-33(28)35-30(29-11-5-19-37-34(29)31)16-17-32(38-35)24-8-3-7-23(20-24)25-9-4-18-36-21-25/h1-24H;1-23H;1-21H. The minimum Gasteiger partial charge on any atom is -0.265 e. The molecule has 0 radical (unpaired) electrons. The lowest BCUT2D eigenvalue weighted by Gasteiger charge is -2.14. The molecule has 16 aromatic carbocycles. The normalized spacial score (nSPS) is 11.7. The fourth-order valence-corrected chi connectivity index (χ4v) is 18.5. The van der Waals surface area contributed by atoms with Gasteiger partial charge >= 0.3 is 0 Å². The van der Waals surface area contributed by atoms with Crippen molar-refractivity contribution in [2.45, 2.75) is 0 Å². The third-order valence-corrected chi connectivity index (χ3v) is 24.6. The Morgan fingerprint density at radius 2 is 0.492 bits per heavy atom. The van der Waals surface area contributed by atoms with Crippen LogP contribution in [0.1, 0.15) is 0 Å². The zero-order chi connectivity index (χ0) is 83.1. The van der Waals surface area contributed by atoms with E-state index in [2.05, 4.69) is 263 Å². The predicted molar refractivity (Wildman–Crippen MR) is 519 cm³/mol. The second kappa shape index (κ2) is 30.5. The van der Waals surface area contributed by atoms with Gasteiger partial charge in [0.1, 0.15) is 5.69 Å². The SMILES string of the molecule is c1ccc(-c2nc(-c3ccccc3)nc(-c3ccc4ccc5c6ccc7c(ccc8cccnc87)c6ccc5c4n3)n2)cc1.c1cnc2c(c1)ccc1c3ccc4c(ccc5ccc(-c6cc(-c7ccncc7)cc(-c7ccncc7)c6)nc54)c3ccc12.c1cncc(-c2cccc(-c3ccc4c5cccnc5c5ccc6c7ccccc7ccc6c5c4n3)c2)c1. The molecule has 12 nitrogen and oxygen atoms in total. The molecule has 26 rings (SSSR count). The molecular formula is C114H68N12. The fraction of sp³-hybridized carbons (Fsp3) is 0. The lowest BCUT2D eigenvalue weighted by molar-refractivity contribution is 1.06. The Hall–Kier alpha value is -17.2. The van der Waals surface area contributed by atoms with Gasteiger partial charge < -0.3 is 0 Å². The molecule has 0 fully saturated rings. The maximum atomic E-state index is 5.35. The lowest BCUT2D eigenvalue weighted by Crippen LogP contribution is -2.01. The summed E-state index contributed by atoms with van der Waals surface area (Å²) < 4.78 is 0. The first-order valence-electron chi connectivity index (χ1n) is 42.1. The molecule has 0 aliphatic heterocycles. The molecule has 26 aromatic rings. The summed E-state index contributed by atoms with van der Waals surface area (Å²) in [6.07, 6.45) is 16.6. The van der Waals surface area contributed by atoms with Gasteiger partial charge in [0.15, 0.2) is 17.5 Å². The topological polar surface area (TPSA) is 155 Å². The van der Waals surface area contributed by atoms with Gasteiger partial charge in [0.05, 0.1) is 44.5 Å². The molecule has 584 valence electrons. The summed E-state index contributed by atoms with van der Waals surface area (Å²) in [5, 5.41) is 28.1. The van der Waals surface area contributed by atoms with Gasteiger partial charge in [0.25, 0.3) is 0 Å². The summed E-state index contributed by atoms with van der Waals surface area (Å²) in [6.45, 7) is 0. The first-order chi connectivity index (χ1) is 62.4. The van der Waals surface area contributed by atoms with Gasteiger partial charge in [-0.2, -0.15) is 0 Å². The van der Waals surface area contributed by atoms with E-state index in [0.717, 1.165) is 165 Å². The van der Waals surface area contributed by atoms with Crippen LogP contribution in [0.15, 0.2) is 414 Å². The van der Waals surface area contributed by atoms with E-state index >= 15 is 0 Å². The van der Waals surface area contributed by atoms with Gasteiger partial charge in [-0.1, -0.05) is 261 Å². The number of hydrogen-bond acceptors (Lipinski definition) is 12. The number of pyridine rings is 9. The highest BCUT2D eigenvalue weighted by atomic mass is 15.0. The van der Waals surface area contributed by atoms with Crippen molar-refractivity contribution in [2.75, 3.05) is 0 Å². The van der Waals surface area contributed by atoms with Crippen LogP contribution in [0.5, 0.6) is 0 Å². The van der Waals surface area contributed by atoms with Crippen LogP contribution in [-0.4, -0.2) is 59.8 Å². The van der Waals surface area contributed by atoms with E-state index in [4.69, 9.17) is 39.9 Å². The molecule has 0 spiro atoms. The number of hydrogen-bond donors (Lipinski definition) is 0. The molecule has 0 aliphatic rings. The van der Waals surface area contributed by atoms with Gasteiger partial charge in [-0.3, -0.25) is 29.9 Å². The summed E-state index contributed by atoms with van der Waals surface area (Å²) in [5.41, 5.74) is 19.3. The Labute approximate surface area is 721 Å². The second-order valence-corrected chi connectivity index (χ2v) is 31.8. The molecule has 0 aliphatic carbocycles. The molecule has 126 heavy (non-hydrogen) atoms. The van der Waals surface area contributed by atoms with Crippen molar-refractivity contribution in [3.05, 3.63) is 414 Å². The first kappa shape index (κ1) is 72.8. The van der Waals surface area contributed by atoms with Crippen LogP contribution in [0.3, 0.4) is 0 Å². The van der Waals surface area contributed by atoms with Gasteiger partial charge in [0.2, 0.25) is 0 Å². The molecule has 0 atom stereocenters. The van der Waals surface area contributed by atoms with Crippen LogP contribution in [0.2, 0.25) is 0 Å². The molecule has 12 heteroatoms. The van der Waals surface area contributed by atoms with Crippen molar-refractivity contribution < 1.29 is 0 Å². The zero-order valence-electron chi connectivity index (χ0n) is 67.6. The highest BCUT2D eigenvalue weighted by Gasteiger charge is 2.21. The Kier molecular flexibility index (Phi) is 17.6. The smallest absolute Gasteiger partial charge is 0.182 e. The van der Waals surface area contributed by atoms with E-state index in [-0.39, 0.29) is 0 Å². The van der Waals surface area contributed by atoms with Crippen molar-refractivity contribution >= 4 is 162 Å². The van der Waals surface area contributed by atoms with Gasteiger partial charge in [-0.05, 0) is 190 Å². The summed E-state index contributed by atoms with van der Waals surface area (Å²) in [4.78, 5) is 57.4. The van der Waals surface area contributed by atoms with Crippen molar-refractivity contribution in [2.24, 2.45) is 0 Å². The minimum atomic E-state index is 0.544. The summed E-state index contributed by atoms with van der Waals surface area (Å²) >= 11 is 0. The van der Waals surface area contributed by atoms with Crippen molar-refractivity contribution in [1.29, 1.82) is 0 Å². The van der Waals surface area contributed by atoms with Crippen molar-refractivity contribution in [1.82, 2.24) is 59.8 Å². The van der Waals surface area contributed by atoms with E-state index in [9.17, 15) is 0 Å². The molecule has 10 heterocycles. The average Bonchev–Trinajstić information content (AvgIpc) is 0.719. The summed E-state index contributed by atoms with van der Waals surface area (Å²) in [6, 6.07) is 125. The molecular weight excluding hydrogens is 1540 g/mol. The maximum Gasteiger partial charge on any atom is 0.182 e. The molecule has 0 bridgehead atoms. The number of nitrogens with zero attached hydrogens (tertiary/aromatic N) is 12. The number of aromatic nitrogens is 12. The third-order valence-electron chi connectivity index (χ3n) is 24.6. The first-order valence-corrected chi connectivity index (χ1v) is 42.1. The van der Waals surface area contributed by atoms with Crippen LogP contribution in [0, 0.1) is 0 Å². The van der Waals surface area contributed by atoms with Crippen LogP contribution in [-0.2, 0) is 0 Å². The fourth-order valence-electron chi connectivity index (χ4n) is 18.5.